The number of ketones is 1. The zero-order valence-electron chi connectivity index (χ0n) is 15.3. The van der Waals surface area contributed by atoms with E-state index in [1.54, 1.807) is 6.20 Å². The van der Waals surface area contributed by atoms with Gasteiger partial charge in [0.2, 0.25) is 5.89 Å². The minimum atomic E-state index is -0.336. The lowest BCUT2D eigenvalue weighted by Crippen LogP contribution is -2.13. The van der Waals surface area contributed by atoms with Crippen LogP contribution in [-0.4, -0.2) is 26.2 Å². The van der Waals surface area contributed by atoms with E-state index in [2.05, 4.69) is 22.1 Å². The van der Waals surface area contributed by atoms with Crippen LogP contribution in [0.4, 0.5) is 0 Å². The molecule has 0 aliphatic rings. The fourth-order valence-electron chi connectivity index (χ4n) is 2.95. The number of H-pyrrole nitrogens is 1. The summed E-state index contributed by atoms with van der Waals surface area (Å²) < 4.78 is 5.77. The predicted molar refractivity (Wildman–Crippen MR) is 107 cm³/mol. The highest BCUT2D eigenvalue weighted by molar-refractivity contribution is 8.00. The third kappa shape index (κ3) is 3.40. The first-order valence-corrected chi connectivity index (χ1v) is 9.59. The van der Waals surface area contributed by atoms with Crippen LogP contribution >= 0.6 is 11.8 Å². The highest BCUT2D eigenvalue weighted by Crippen LogP contribution is 2.30. The van der Waals surface area contributed by atoms with E-state index in [0.29, 0.717) is 16.7 Å². The van der Waals surface area contributed by atoms with Crippen LogP contribution in [0.15, 0.2) is 58.3 Å². The van der Waals surface area contributed by atoms with Gasteiger partial charge in [-0.05, 0) is 50.1 Å². The van der Waals surface area contributed by atoms with Crippen molar-refractivity contribution in [3.8, 4) is 11.5 Å². The second-order valence-corrected chi connectivity index (χ2v) is 7.84. The normalized spacial score (nSPS) is 12.4. The molecule has 0 saturated carbocycles. The first-order valence-electron chi connectivity index (χ1n) is 8.71. The lowest BCUT2D eigenvalue weighted by Gasteiger charge is -2.06. The van der Waals surface area contributed by atoms with Gasteiger partial charge in [-0.1, -0.05) is 36.0 Å². The SMILES string of the molecule is Cc1ccc(-c2nnc(S[C@H](C)C(=O)c3c[nH]c4ccccc34)o2)cc1C. The molecule has 0 bridgehead atoms. The predicted octanol–water partition coefficient (Wildman–Crippen LogP) is 5.20. The van der Waals surface area contributed by atoms with Crippen molar-refractivity contribution in [1.82, 2.24) is 15.2 Å². The molecule has 0 saturated heterocycles. The number of rotatable bonds is 5. The highest BCUT2D eigenvalue weighted by Gasteiger charge is 2.22. The molecule has 0 fully saturated rings. The third-order valence-electron chi connectivity index (χ3n) is 4.66. The molecule has 0 amide bonds. The summed E-state index contributed by atoms with van der Waals surface area (Å²) in [5.74, 6) is 0.496. The first kappa shape index (κ1) is 17.5. The number of nitrogens with zero attached hydrogens (tertiary/aromatic N) is 2. The number of nitrogens with one attached hydrogen (secondary N) is 1. The lowest BCUT2D eigenvalue weighted by molar-refractivity contribution is 0.0995. The number of aryl methyl sites for hydroxylation is 2. The molecule has 5 nitrogen and oxygen atoms in total. The molecule has 1 N–H and O–H groups in total. The summed E-state index contributed by atoms with van der Waals surface area (Å²) in [5, 5.41) is 9.21. The minimum absolute atomic E-state index is 0.0309. The molecule has 27 heavy (non-hydrogen) atoms. The Hall–Kier alpha value is -2.86. The molecule has 6 heteroatoms. The quantitative estimate of drug-likeness (QED) is 0.382. The molecule has 2 aromatic carbocycles. The fourth-order valence-corrected chi connectivity index (χ4v) is 3.70. The van der Waals surface area contributed by atoms with Crippen molar-refractivity contribution >= 4 is 28.4 Å². The number of para-hydroxylation sites is 1. The summed E-state index contributed by atoms with van der Waals surface area (Å²) in [5.41, 5.74) is 4.90. The molecule has 1 atom stereocenters. The van der Waals surface area contributed by atoms with Crippen LogP contribution in [-0.2, 0) is 0 Å². The molecule has 2 heterocycles. The molecule has 0 radical (unpaired) electrons. The Morgan fingerprint density at radius 2 is 1.93 bits per heavy atom. The molecule has 0 aliphatic carbocycles. The summed E-state index contributed by atoms with van der Waals surface area (Å²) >= 11 is 1.28. The van der Waals surface area contributed by atoms with Gasteiger partial charge in [0.05, 0.1) is 5.25 Å². The van der Waals surface area contributed by atoms with Gasteiger partial charge in [-0.3, -0.25) is 4.79 Å². The van der Waals surface area contributed by atoms with Crippen LogP contribution in [0.1, 0.15) is 28.4 Å². The van der Waals surface area contributed by atoms with Gasteiger partial charge in [0.1, 0.15) is 0 Å². The van der Waals surface area contributed by atoms with Crippen LogP contribution in [0.25, 0.3) is 22.4 Å². The van der Waals surface area contributed by atoms with Gasteiger partial charge in [0.15, 0.2) is 5.78 Å². The monoisotopic (exact) mass is 377 g/mol. The van der Waals surface area contributed by atoms with Gasteiger partial charge >= 0.3 is 0 Å². The van der Waals surface area contributed by atoms with E-state index in [0.717, 1.165) is 16.5 Å². The van der Waals surface area contributed by atoms with Crippen molar-refractivity contribution in [3.63, 3.8) is 0 Å². The Morgan fingerprint density at radius 1 is 1.11 bits per heavy atom. The van der Waals surface area contributed by atoms with Crippen LogP contribution in [0.2, 0.25) is 0 Å². The second kappa shape index (κ2) is 7.04. The number of thioether (sulfide) groups is 1. The van der Waals surface area contributed by atoms with Crippen molar-refractivity contribution < 1.29 is 9.21 Å². The van der Waals surface area contributed by atoms with Gasteiger partial charge in [-0.25, -0.2) is 0 Å². The van der Waals surface area contributed by atoms with Gasteiger partial charge in [-0.15, -0.1) is 10.2 Å². The Kier molecular flexibility index (Phi) is 4.58. The van der Waals surface area contributed by atoms with E-state index < -0.39 is 0 Å². The average molecular weight is 377 g/mol. The Labute approximate surface area is 161 Å². The number of aromatic amines is 1. The maximum Gasteiger partial charge on any atom is 0.277 e. The van der Waals surface area contributed by atoms with Gasteiger partial charge in [0, 0.05) is 28.2 Å². The van der Waals surface area contributed by atoms with Crippen LogP contribution in [0.3, 0.4) is 0 Å². The Bertz CT molecular complexity index is 1130. The zero-order chi connectivity index (χ0) is 19.0. The average Bonchev–Trinajstić information content (AvgIpc) is 3.30. The molecule has 4 aromatic rings. The van der Waals surface area contributed by atoms with E-state index in [1.165, 1.54) is 22.9 Å². The Balaban J connectivity index is 1.53. The smallest absolute Gasteiger partial charge is 0.277 e. The van der Waals surface area contributed by atoms with E-state index in [9.17, 15) is 4.79 Å². The molecule has 0 spiro atoms. The standard InChI is InChI=1S/C21H19N3O2S/c1-12-8-9-15(10-13(12)2)20-23-24-21(26-20)27-14(3)19(25)17-11-22-18-7-5-4-6-16(17)18/h4-11,14,22H,1-3H3/t14-/m1/s1. The number of Topliss-reactive ketones (excluding diaryl/α,β-unsaturated/α-hetero) is 1. The van der Waals surface area contributed by atoms with Gasteiger partial charge < -0.3 is 9.40 Å². The summed E-state index contributed by atoms with van der Waals surface area (Å²) in [6.07, 6.45) is 1.76. The number of carbonyl (C=O) groups is 1. The molecule has 0 aliphatic heterocycles. The zero-order valence-corrected chi connectivity index (χ0v) is 16.1. The molecule has 136 valence electrons. The lowest BCUT2D eigenvalue weighted by atomic mass is 10.1. The minimum Gasteiger partial charge on any atom is -0.411 e. The number of hydrogen-bond acceptors (Lipinski definition) is 5. The topological polar surface area (TPSA) is 71.8 Å². The van der Waals surface area contributed by atoms with E-state index in [4.69, 9.17) is 4.42 Å². The molecular weight excluding hydrogens is 358 g/mol. The van der Waals surface area contributed by atoms with Crippen LogP contribution in [0.5, 0.6) is 0 Å². The number of carbonyl (C=O) groups excluding carboxylic acids is 1. The van der Waals surface area contributed by atoms with E-state index >= 15 is 0 Å². The third-order valence-corrected chi connectivity index (χ3v) is 5.60. The van der Waals surface area contributed by atoms with E-state index in [-0.39, 0.29) is 11.0 Å². The summed E-state index contributed by atoms with van der Waals surface area (Å²) in [4.78, 5) is 16.0. The number of fused-ring (bicyclic) bond motifs is 1. The molecular formula is C21H19N3O2S. The largest absolute Gasteiger partial charge is 0.411 e. The molecule has 0 unspecified atom stereocenters. The van der Waals surface area contributed by atoms with Crippen molar-refractivity contribution in [2.75, 3.05) is 0 Å². The first-order chi connectivity index (χ1) is 13.0. The maximum absolute atomic E-state index is 12.9. The second-order valence-electron chi connectivity index (χ2n) is 6.54. The van der Waals surface area contributed by atoms with Crippen LogP contribution in [0, 0.1) is 13.8 Å². The van der Waals surface area contributed by atoms with Crippen molar-refractivity contribution in [2.24, 2.45) is 0 Å². The summed E-state index contributed by atoms with van der Waals surface area (Å²) in [6.45, 7) is 5.97. The number of benzene rings is 2. The van der Waals surface area contributed by atoms with Gasteiger partial charge in [-0.2, -0.15) is 0 Å². The van der Waals surface area contributed by atoms with Crippen molar-refractivity contribution in [3.05, 3.63) is 65.4 Å². The van der Waals surface area contributed by atoms with Crippen molar-refractivity contribution in [2.45, 2.75) is 31.2 Å². The molecule has 4 rings (SSSR count). The summed E-state index contributed by atoms with van der Waals surface area (Å²) in [6, 6.07) is 13.8. The fraction of sp³-hybridized carbons (Fsp3) is 0.190. The number of hydrogen-bond donors (Lipinski definition) is 1. The Morgan fingerprint density at radius 3 is 2.74 bits per heavy atom. The maximum atomic E-state index is 12.9. The van der Waals surface area contributed by atoms with Crippen LogP contribution < -0.4 is 0 Å². The van der Waals surface area contributed by atoms with Crippen molar-refractivity contribution in [1.29, 1.82) is 0 Å². The number of aromatic nitrogens is 3. The van der Waals surface area contributed by atoms with Gasteiger partial charge in [0.25, 0.3) is 5.22 Å². The summed E-state index contributed by atoms with van der Waals surface area (Å²) in [7, 11) is 0. The highest BCUT2D eigenvalue weighted by atomic mass is 32.2. The van der Waals surface area contributed by atoms with E-state index in [1.807, 2.05) is 56.3 Å². The molecule has 2 aromatic heterocycles.